The summed E-state index contributed by atoms with van der Waals surface area (Å²) in [4.78, 5) is 30.1. The van der Waals surface area contributed by atoms with E-state index in [-0.39, 0.29) is 12.0 Å². The maximum absolute atomic E-state index is 10.6. The maximum atomic E-state index is 10.6. The fraction of sp³-hybridized carbons (Fsp3) is 0.125. The molecule has 0 aromatic heterocycles. The average Bonchev–Trinajstić information content (AvgIpc) is 2.16. The molecule has 0 aliphatic rings. The van der Waals surface area contributed by atoms with E-state index >= 15 is 0 Å². The van der Waals surface area contributed by atoms with Crippen molar-refractivity contribution in [2.75, 3.05) is 0 Å². The molecule has 0 bridgehead atoms. The Morgan fingerprint density at radius 1 is 1.25 bits per heavy atom. The highest BCUT2D eigenvalue weighted by molar-refractivity contribution is 5.78. The Hall–Kier alpha value is -2.51. The van der Waals surface area contributed by atoms with Crippen molar-refractivity contribution in [3.63, 3.8) is 0 Å². The molecule has 1 rings (SSSR count). The van der Waals surface area contributed by atoms with Gasteiger partial charge in [-0.2, -0.15) is 0 Å². The summed E-state index contributed by atoms with van der Waals surface area (Å²) < 4.78 is 0. The van der Waals surface area contributed by atoms with Gasteiger partial charge in [0.25, 0.3) is 11.4 Å². The van der Waals surface area contributed by atoms with Crippen molar-refractivity contribution in [2.45, 2.75) is 6.42 Å². The molecule has 0 aliphatic carbocycles. The Balaban J connectivity index is 3.24. The van der Waals surface area contributed by atoms with Crippen LogP contribution in [0.5, 0.6) is 0 Å². The van der Waals surface area contributed by atoms with E-state index in [0.717, 1.165) is 18.2 Å². The Morgan fingerprint density at radius 3 is 2.31 bits per heavy atom. The van der Waals surface area contributed by atoms with Crippen LogP contribution in [0.1, 0.15) is 5.56 Å². The molecule has 0 fully saturated rings. The van der Waals surface area contributed by atoms with E-state index < -0.39 is 27.1 Å². The lowest BCUT2D eigenvalue weighted by atomic mass is 10.1. The van der Waals surface area contributed by atoms with Gasteiger partial charge in [-0.3, -0.25) is 25.0 Å². The van der Waals surface area contributed by atoms with Crippen LogP contribution in [0.3, 0.4) is 0 Å². The van der Waals surface area contributed by atoms with Gasteiger partial charge in [0.15, 0.2) is 0 Å². The van der Waals surface area contributed by atoms with Crippen molar-refractivity contribution in [1.29, 1.82) is 0 Å². The molecule has 0 saturated heterocycles. The fourth-order valence-electron chi connectivity index (χ4n) is 1.17. The number of nitro groups is 2. The van der Waals surface area contributed by atoms with Gasteiger partial charge in [-0.05, 0) is 6.07 Å². The van der Waals surface area contributed by atoms with Crippen LogP contribution in [0.2, 0.25) is 0 Å². The Bertz CT molecular complexity index is 471. The van der Waals surface area contributed by atoms with Crippen LogP contribution in [0, 0.1) is 20.2 Å². The predicted molar refractivity (Wildman–Crippen MR) is 52.6 cm³/mol. The number of benzene rings is 1. The smallest absolute Gasteiger partial charge is 0.279 e. The third-order valence-electron chi connectivity index (χ3n) is 1.84. The second-order valence-corrected chi connectivity index (χ2v) is 2.97. The third kappa shape index (κ3) is 2.50. The molecule has 0 aliphatic heterocycles. The number of carbonyl (C=O) groups excluding carboxylic acids is 1. The van der Waals surface area contributed by atoms with Crippen molar-refractivity contribution in [1.82, 2.24) is 0 Å². The minimum absolute atomic E-state index is 0.0584. The largest absolute Gasteiger partial charge is 0.369 e. The Morgan fingerprint density at radius 2 is 1.88 bits per heavy atom. The molecule has 1 aromatic rings. The third-order valence-corrected chi connectivity index (χ3v) is 1.84. The molecule has 0 atom stereocenters. The highest BCUT2D eigenvalue weighted by Gasteiger charge is 2.20. The quantitative estimate of drug-likeness (QED) is 0.590. The molecule has 8 nitrogen and oxygen atoms in total. The molecule has 1 amide bonds. The van der Waals surface area contributed by atoms with Crippen molar-refractivity contribution in [2.24, 2.45) is 5.73 Å². The number of carbonyl (C=O) groups is 1. The van der Waals surface area contributed by atoms with Gasteiger partial charge in [0.1, 0.15) is 0 Å². The SMILES string of the molecule is NC(=O)Cc1ccc([N+](=O)[O-])cc1[N+](=O)[O-]. The molecular formula is C8H7N3O5. The van der Waals surface area contributed by atoms with E-state index in [2.05, 4.69) is 0 Å². The molecule has 2 N–H and O–H groups in total. The van der Waals surface area contributed by atoms with E-state index in [9.17, 15) is 25.0 Å². The minimum atomic E-state index is -0.786. The molecule has 0 spiro atoms. The number of nitro benzene ring substituents is 2. The number of non-ortho nitro benzene ring substituents is 1. The van der Waals surface area contributed by atoms with E-state index in [1.165, 1.54) is 0 Å². The molecule has 0 radical (unpaired) electrons. The molecule has 16 heavy (non-hydrogen) atoms. The molecule has 84 valence electrons. The summed E-state index contributed by atoms with van der Waals surface area (Å²) in [5.74, 6) is -0.739. The van der Waals surface area contributed by atoms with E-state index in [0.29, 0.717) is 0 Å². The van der Waals surface area contributed by atoms with E-state index in [1.54, 1.807) is 0 Å². The standard InChI is InChI=1S/C8H7N3O5/c9-8(12)3-5-1-2-6(10(13)14)4-7(5)11(15)16/h1-2,4H,3H2,(H2,9,12). The Labute approximate surface area is 89.0 Å². The number of rotatable bonds is 4. The number of nitrogens with two attached hydrogens (primary N) is 1. The van der Waals surface area contributed by atoms with Gasteiger partial charge in [0.05, 0.1) is 22.3 Å². The number of hydrogen-bond acceptors (Lipinski definition) is 5. The molecule has 0 heterocycles. The summed E-state index contributed by atoms with van der Waals surface area (Å²) in [6.07, 6.45) is -0.325. The monoisotopic (exact) mass is 225 g/mol. The van der Waals surface area contributed by atoms with Crippen molar-refractivity contribution < 1.29 is 14.6 Å². The van der Waals surface area contributed by atoms with Crippen LogP contribution < -0.4 is 5.73 Å². The maximum Gasteiger partial charge on any atom is 0.279 e. The van der Waals surface area contributed by atoms with Gasteiger partial charge in [-0.15, -0.1) is 0 Å². The number of nitrogens with zero attached hydrogens (tertiary/aromatic N) is 2. The second kappa shape index (κ2) is 4.34. The van der Waals surface area contributed by atoms with Crippen LogP contribution in [0.15, 0.2) is 18.2 Å². The normalized spacial score (nSPS) is 9.75. The summed E-state index contributed by atoms with van der Waals surface area (Å²) in [7, 11) is 0. The zero-order valence-corrected chi connectivity index (χ0v) is 7.95. The molecule has 1 aromatic carbocycles. The number of amides is 1. The van der Waals surface area contributed by atoms with Crippen LogP contribution in [-0.4, -0.2) is 15.8 Å². The van der Waals surface area contributed by atoms with E-state index in [4.69, 9.17) is 5.73 Å². The van der Waals surface area contributed by atoms with E-state index in [1.807, 2.05) is 0 Å². The van der Waals surface area contributed by atoms with Gasteiger partial charge < -0.3 is 5.73 Å². The zero-order valence-electron chi connectivity index (χ0n) is 7.95. The predicted octanol–water partition coefficient (Wildman–Crippen LogP) is 0.531. The van der Waals surface area contributed by atoms with Gasteiger partial charge in [0, 0.05) is 11.6 Å². The topological polar surface area (TPSA) is 129 Å². The Kier molecular flexibility index (Phi) is 3.14. The first-order valence-electron chi connectivity index (χ1n) is 4.12. The molecular weight excluding hydrogens is 218 g/mol. The van der Waals surface area contributed by atoms with Crippen LogP contribution >= 0.6 is 0 Å². The lowest BCUT2D eigenvalue weighted by Gasteiger charge is -1.99. The lowest BCUT2D eigenvalue weighted by molar-refractivity contribution is -0.394. The number of primary amides is 1. The van der Waals surface area contributed by atoms with Crippen LogP contribution in [-0.2, 0) is 11.2 Å². The minimum Gasteiger partial charge on any atom is -0.369 e. The highest BCUT2D eigenvalue weighted by Crippen LogP contribution is 2.24. The summed E-state index contributed by atoms with van der Waals surface area (Å²) in [6.45, 7) is 0. The van der Waals surface area contributed by atoms with Crippen molar-refractivity contribution in [3.8, 4) is 0 Å². The molecule has 0 unspecified atom stereocenters. The van der Waals surface area contributed by atoms with Crippen molar-refractivity contribution >= 4 is 17.3 Å². The van der Waals surface area contributed by atoms with Gasteiger partial charge >= 0.3 is 0 Å². The molecule has 8 heteroatoms. The molecule has 0 saturated carbocycles. The average molecular weight is 225 g/mol. The van der Waals surface area contributed by atoms with Crippen LogP contribution in [0.4, 0.5) is 11.4 Å². The first-order chi connectivity index (χ1) is 7.41. The zero-order chi connectivity index (χ0) is 12.3. The van der Waals surface area contributed by atoms with Crippen LogP contribution in [0.25, 0.3) is 0 Å². The number of hydrogen-bond donors (Lipinski definition) is 1. The summed E-state index contributed by atoms with van der Waals surface area (Å²) in [5, 5.41) is 21.0. The van der Waals surface area contributed by atoms with Gasteiger partial charge in [0.2, 0.25) is 5.91 Å². The summed E-state index contributed by atoms with van der Waals surface area (Å²) >= 11 is 0. The second-order valence-electron chi connectivity index (χ2n) is 2.97. The highest BCUT2D eigenvalue weighted by atomic mass is 16.6. The first kappa shape index (κ1) is 11.6. The van der Waals surface area contributed by atoms with Gasteiger partial charge in [-0.1, -0.05) is 0 Å². The van der Waals surface area contributed by atoms with Gasteiger partial charge in [-0.25, -0.2) is 0 Å². The van der Waals surface area contributed by atoms with Crippen molar-refractivity contribution in [3.05, 3.63) is 44.0 Å². The lowest BCUT2D eigenvalue weighted by Crippen LogP contribution is -2.14. The summed E-state index contributed by atoms with van der Waals surface area (Å²) in [6, 6.07) is 3.05. The summed E-state index contributed by atoms with van der Waals surface area (Å²) in [5.41, 5.74) is 4.07. The first-order valence-corrected chi connectivity index (χ1v) is 4.12. The fourth-order valence-corrected chi connectivity index (χ4v) is 1.17.